The minimum atomic E-state index is 0.124. The molecule has 3 rings (SSSR count). The summed E-state index contributed by atoms with van der Waals surface area (Å²) >= 11 is 0. The van der Waals surface area contributed by atoms with Gasteiger partial charge in [0.25, 0.3) is 0 Å². The predicted octanol–water partition coefficient (Wildman–Crippen LogP) is 6.13. The van der Waals surface area contributed by atoms with Crippen LogP contribution in [-0.4, -0.2) is 12.2 Å². The summed E-state index contributed by atoms with van der Waals surface area (Å²) in [5, 5.41) is 4.48. The molecule has 126 valence electrons. The molecule has 0 spiro atoms. The van der Waals surface area contributed by atoms with Crippen LogP contribution in [0.5, 0.6) is 11.5 Å². The molecule has 0 saturated heterocycles. The Balaban J connectivity index is 2.43. The number of fused-ring (bicyclic) bond motifs is 2. The third-order valence-corrected chi connectivity index (χ3v) is 4.10. The van der Waals surface area contributed by atoms with Gasteiger partial charge in [0, 0.05) is 21.5 Å². The van der Waals surface area contributed by atoms with Crippen molar-refractivity contribution in [2.24, 2.45) is 0 Å². The summed E-state index contributed by atoms with van der Waals surface area (Å²) in [5.74, 6) is 1.91. The van der Waals surface area contributed by atoms with Crippen molar-refractivity contribution in [2.45, 2.75) is 53.2 Å². The SMILES string of the molecule is CCc1ccc2c(OC(C)C)c3ccccc3c(OC(C)C)c2c1. The molecule has 3 aromatic rings. The summed E-state index contributed by atoms with van der Waals surface area (Å²) in [6.07, 6.45) is 1.25. The molecule has 0 fully saturated rings. The lowest BCUT2D eigenvalue weighted by Crippen LogP contribution is -2.09. The van der Waals surface area contributed by atoms with Crippen molar-refractivity contribution in [3.8, 4) is 11.5 Å². The molecule has 0 heterocycles. The normalized spacial score (nSPS) is 11.6. The molecule has 0 aliphatic rings. The van der Waals surface area contributed by atoms with Gasteiger partial charge in [-0.25, -0.2) is 0 Å². The average molecular weight is 322 g/mol. The minimum absolute atomic E-state index is 0.124. The van der Waals surface area contributed by atoms with Crippen LogP contribution in [-0.2, 0) is 6.42 Å². The summed E-state index contributed by atoms with van der Waals surface area (Å²) in [4.78, 5) is 0. The van der Waals surface area contributed by atoms with Crippen LogP contribution >= 0.6 is 0 Å². The highest BCUT2D eigenvalue weighted by molar-refractivity contribution is 6.11. The molecule has 2 nitrogen and oxygen atoms in total. The molecule has 3 aromatic carbocycles. The van der Waals surface area contributed by atoms with Gasteiger partial charge in [-0.2, -0.15) is 0 Å². The van der Waals surface area contributed by atoms with E-state index in [1.54, 1.807) is 0 Å². The van der Waals surface area contributed by atoms with Gasteiger partial charge in [0.15, 0.2) is 0 Å². The van der Waals surface area contributed by atoms with Gasteiger partial charge in [0.1, 0.15) is 11.5 Å². The number of aryl methyl sites for hydroxylation is 1. The van der Waals surface area contributed by atoms with Crippen LogP contribution in [0, 0.1) is 0 Å². The lowest BCUT2D eigenvalue weighted by Gasteiger charge is -2.21. The molecule has 0 unspecified atom stereocenters. The predicted molar refractivity (Wildman–Crippen MR) is 102 cm³/mol. The Hall–Kier alpha value is -2.22. The summed E-state index contributed by atoms with van der Waals surface area (Å²) in [6, 6.07) is 15.0. The maximum Gasteiger partial charge on any atom is 0.135 e. The fourth-order valence-corrected chi connectivity index (χ4v) is 3.09. The van der Waals surface area contributed by atoms with Crippen LogP contribution in [0.25, 0.3) is 21.5 Å². The van der Waals surface area contributed by atoms with Crippen LogP contribution in [0.2, 0.25) is 0 Å². The van der Waals surface area contributed by atoms with Crippen LogP contribution in [0.1, 0.15) is 40.2 Å². The lowest BCUT2D eigenvalue weighted by atomic mass is 9.98. The second kappa shape index (κ2) is 6.72. The molecule has 0 saturated carbocycles. The van der Waals surface area contributed by atoms with Crippen LogP contribution in [0.3, 0.4) is 0 Å². The Bertz CT molecular complexity index is 863. The smallest absolute Gasteiger partial charge is 0.135 e. The zero-order valence-corrected chi connectivity index (χ0v) is 15.2. The van der Waals surface area contributed by atoms with Crippen LogP contribution in [0.15, 0.2) is 42.5 Å². The third-order valence-electron chi connectivity index (χ3n) is 4.10. The first-order chi connectivity index (χ1) is 11.5. The zero-order chi connectivity index (χ0) is 17.3. The first-order valence-electron chi connectivity index (χ1n) is 8.82. The number of hydrogen-bond acceptors (Lipinski definition) is 2. The highest BCUT2D eigenvalue weighted by Gasteiger charge is 2.17. The molecule has 0 N–H and O–H groups in total. The molecule has 0 aromatic heterocycles. The Morgan fingerprint density at radius 3 is 1.71 bits per heavy atom. The van der Waals surface area contributed by atoms with E-state index in [9.17, 15) is 0 Å². The average Bonchev–Trinajstić information content (AvgIpc) is 2.56. The van der Waals surface area contributed by atoms with E-state index in [-0.39, 0.29) is 12.2 Å². The van der Waals surface area contributed by atoms with Gasteiger partial charge in [-0.05, 0) is 45.7 Å². The van der Waals surface area contributed by atoms with Gasteiger partial charge in [-0.3, -0.25) is 0 Å². The Labute approximate surface area is 144 Å². The quantitative estimate of drug-likeness (QED) is 0.526. The molecule has 0 radical (unpaired) electrons. The van der Waals surface area contributed by atoms with Gasteiger partial charge in [-0.1, -0.05) is 43.3 Å². The number of benzene rings is 3. The molecule has 0 amide bonds. The molecule has 0 atom stereocenters. The van der Waals surface area contributed by atoms with Crippen molar-refractivity contribution in [2.75, 3.05) is 0 Å². The van der Waals surface area contributed by atoms with Crippen LogP contribution in [0.4, 0.5) is 0 Å². The van der Waals surface area contributed by atoms with Gasteiger partial charge in [-0.15, -0.1) is 0 Å². The highest BCUT2D eigenvalue weighted by atomic mass is 16.5. The molecule has 2 heteroatoms. The molecular weight excluding hydrogens is 296 g/mol. The molecule has 0 aliphatic carbocycles. The van der Waals surface area contributed by atoms with Gasteiger partial charge in [0.05, 0.1) is 12.2 Å². The Morgan fingerprint density at radius 1 is 0.708 bits per heavy atom. The second-order valence-electron chi connectivity index (χ2n) is 6.77. The number of hydrogen-bond donors (Lipinski definition) is 0. The number of rotatable bonds is 5. The summed E-state index contributed by atoms with van der Waals surface area (Å²) < 4.78 is 12.5. The molecular formula is C22H26O2. The van der Waals surface area contributed by atoms with Crippen molar-refractivity contribution in [1.29, 1.82) is 0 Å². The fourth-order valence-electron chi connectivity index (χ4n) is 3.09. The molecule has 0 bridgehead atoms. The number of ether oxygens (including phenoxy) is 2. The van der Waals surface area contributed by atoms with Gasteiger partial charge < -0.3 is 9.47 Å². The van der Waals surface area contributed by atoms with Crippen molar-refractivity contribution in [3.05, 3.63) is 48.0 Å². The van der Waals surface area contributed by atoms with Crippen molar-refractivity contribution >= 4 is 21.5 Å². The van der Waals surface area contributed by atoms with E-state index in [2.05, 4.69) is 77.1 Å². The fraction of sp³-hybridized carbons (Fsp3) is 0.364. The largest absolute Gasteiger partial charge is 0.490 e. The third kappa shape index (κ3) is 3.06. The van der Waals surface area contributed by atoms with E-state index in [0.29, 0.717) is 0 Å². The maximum atomic E-state index is 6.24. The van der Waals surface area contributed by atoms with E-state index >= 15 is 0 Å². The van der Waals surface area contributed by atoms with Crippen molar-refractivity contribution in [1.82, 2.24) is 0 Å². The summed E-state index contributed by atoms with van der Waals surface area (Å²) in [6.45, 7) is 10.5. The van der Waals surface area contributed by atoms with E-state index in [1.807, 2.05) is 0 Å². The topological polar surface area (TPSA) is 18.5 Å². The van der Waals surface area contributed by atoms with E-state index < -0.39 is 0 Å². The maximum absolute atomic E-state index is 6.24. The Kier molecular flexibility index (Phi) is 4.66. The monoisotopic (exact) mass is 322 g/mol. The standard InChI is InChI=1S/C22H26O2/c1-6-16-11-12-19-20(13-16)22(24-15(4)5)18-10-8-7-9-17(18)21(19)23-14(2)3/h7-15H,6H2,1-5H3. The Morgan fingerprint density at radius 2 is 1.21 bits per heavy atom. The van der Waals surface area contributed by atoms with E-state index in [4.69, 9.17) is 9.47 Å². The summed E-state index contributed by atoms with van der Waals surface area (Å²) in [7, 11) is 0. The highest BCUT2D eigenvalue weighted by Crippen LogP contribution is 2.43. The van der Waals surface area contributed by atoms with Gasteiger partial charge in [0.2, 0.25) is 0 Å². The minimum Gasteiger partial charge on any atom is -0.490 e. The van der Waals surface area contributed by atoms with Crippen molar-refractivity contribution in [3.63, 3.8) is 0 Å². The second-order valence-corrected chi connectivity index (χ2v) is 6.77. The summed E-state index contributed by atoms with van der Waals surface area (Å²) in [5.41, 5.74) is 1.31. The van der Waals surface area contributed by atoms with Crippen LogP contribution < -0.4 is 9.47 Å². The van der Waals surface area contributed by atoms with E-state index in [1.165, 1.54) is 5.56 Å². The van der Waals surface area contributed by atoms with Gasteiger partial charge >= 0.3 is 0 Å². The van der Waals surface area contributed by atoms with Crippen molar-refractivity contribution < 1.29 is 9.47 Å². The van der Waals surface area contributed by atoms with E-state index in [0.717, 1.165) is 39.5 Å². The first-order valence-corrected chi connectivity index (χ1v) is 8.82. The first kappa shape index (κ1) is 16.6. The molecule has 24 heavy (non-hydrogen) atoms. The zero-order valence-electron chi connectivity index (χ0n) is 15.2. The lowest BCUT2D eigenvalue weighted by molar-refractivity contribution is 0.244. The molecule has 0 aliphatic heterocycles.